The van der Waals surface area contributed by atoms with E-state index >= 15 is 0 Å². The molecule has 0 unspecified atom stereocenters. The van der Waals surface area contributed by atoms with Gasteiger partial charge in [-0.1, -0.05) is 42.5 Å². The number of carbonyl (C=O) groups is 1. The van der Waals surface area contributed by atoms with Crippen LogP contribution < -0.4 is 5.56 Å². The molecule has 0 spiro atoms. The highest BCUT2D eigenvalue weighted by Crippen LogP contribution is 2.34. The van der Waals surface area contributed by atoms with Crippen LogP contribution in [-0.2, 0) is 0 Å². The van der Waals surface area contributed by atoms with E-state index in [1.54, 1.807) is 0 Å². The van der Waals surface area contributed by atoms with Crippen molar-refractivity contribution in [1.82, 2.24) is 9.88 Å². The van der Waals surface area contributed by atoms with Crippen LogP contribution >= 0.6 is 0 Å². The summed E-state index contributed by atoms with van der Waals surface area (Å²) in [6.45, 7) is 3.63. The van der Waals surface area contributed by atoms with E-state index < -0.39 is 0 Å². The lowest BCUT2D eigenvalue weighted by atomic mass is 9.86. The third-order valence-electron chi connectivity index (χ3n) is 6.49. The van der Waals surface area contributed by atoms with Crippen LogP contribution in [0, 0.1) is 18.8 Å². The van der Waals surface area contributed by atoms with E-state index in [0.29, 0.717) is 23.0 Å². The summed E-state index contributed by atoms with van der Waals surface area (Å²) in [6.07, 6.45) is 6.62. The average molecular weight is 384 g/mol. The summed E-state index contributed by atoms with van der Waals surface area (Å²) in [5.41, 5.74) is 3.73. The van der Waals surface area contributed by atoms with Crippen LogP contribution in [0.5, 0.6) is 0 Å². The number of likely N-dealkylation sites (tertiary alicyclic amines) is 1. The Bertz CT molecular complexity index is 1170. The van der Waals surface area contributed by atoms with Crippen LogP contribution in [0.3, 0.4) is 0 Å². The summed E-state index contributed by atoms with van der Waals surface area (Å²) in [5, 5.41) is 1.02. The molecule has 2 aliphatic rings. The van der Waals surface area contributed by atoms with Gasteiger partial charge in [0.2, 0.25) is 0 Å². The minimum Gasteiger partial charge on any atom is -0.338 e. The molecule has 5 rings (SSSR count). The third-order valence-corrected chi connectivity index (χ3v) is 6.49. The fourth-order valence-corrected chi connectivity index (χ4v) is 4.93. The van der Waals surface area contributed by atoms with E-state index in [0.717, 1.165) is 48.0 Å². The fourth-order valence-electron chi connectivity index (χ4n) is 4.93. The highest BCUT2D eigenvalue weighted by atomic mass is 16.2. The minimum absolute atomic E-state index is 0.0659. The standard InChI is InChI=1S/C25H24N2O2/c1-16-21-11-4-5-12-22(21)26-24(28)23(16)17-9-6-10-18(13-17)25(29)27-14-19-7-2-3-8-20(19)15-27/h2-6,9-13,19-20H,7-8,14-15H2,1H3,(H,26,28)/t19-,20+. The first-order chi connectivity index (χ1) is 14.1. The number of H-pyrrole nitrogens is 1. The zero-order chi connectivity index (χ0) is 20.0. The molecule has 2 heterocycles. The lowest BCUT2D eigenvalue weighted by Crippen LogP contribution is -2.29. The van der Waals surface area contributed by atoms with Crippen LogP contribution in [0.25, 0.3) is 22.0 Å². The number of aryl methyl sites for hydroxylation is 1. The van der Waals surface area contributed by atoms with Crippen molar-refractivity contribution in [2.45, 2.75) is 19.8 Å². The molecule has 29 heavy (non-hydrogen) atoms. The highest BCUT2D eigenvalue weighted by Gasteiger charge is 2.35. The van der Waals surface area contributed by atoms with Gasteiger partial charge in [0.05, 0.1) is 5.56 Å². The number of pyridine rings is 1. The van der Waals surface area contributed by atoms with Crippen molar-refractivity contribution >= 4 is 16.8 Å². The number of amides is 1. The number of allylic oxidation sites excluding steroid dienone is 2. The lowest BCUT2D eigenvalue weighted by molar-refractivity contribution is 0.0784. The van der Waals surface area contributed by atoms with Crippen molar-refractivity contribution in [3.63, 3.8) is 0 Å². The van der Waals surface area contributed by atoms with Crippen molar-refractivity contribution in [3.8, 4) is 11.1 Å². The van der Waals surface area contributed by atoms with Gasteiger partial charge in [-0.3, -0.25) is 9.59 Å². The molecule has 2 aromatic carbocycles. The molecule has 1 amide bonds. The van der Waals surface area contributed by atoms with Gasteiger partial charge in [-0.2, -0.15) is 0 Å². The summed E-state index contributed by atoms with van der Waals surface area (Å²) in [4.78, 5) is 30.9. The smallest absolute Gasteiger partial charge is 0.256 e. The molecular weight excluding hydrogens is 360 g/mol. The Hall–Kier alpha value is -3.14. The lowest BCUT2D eigenvalue weighted by Gasteiger charge is -2.17. The first-order valence-electron chi connectivity index (χ1n) is 10.3. The molecule has 1 N–H and O–H groups in total. The first-order valence-corrected chi connectivity index (χ1v) is 10.3. The maximum Gasteiger partial charge on any atom is 0.256 e. The SMILES string of the molecule is Cc1c(-c2cccc(C(=O)N3C[C@H]4CC=CC[C@H]4C3)c2)c(=O)[nH]c2ccccc12. The molecule has 1 fully saturated rings. The Morgan fingerprint density at radius 2 is 1.72 bits per heavy atom. The summed E-state index contributed by atoms with van der Waals surface area (Å²) in [7, 11) is 0. The minimum atomic E-state index is -0.121. The van der Waals surface area contributed by atoms with E-state index in [2.05, 4.69) is 17.1 Å². The molecule has 1 aliphatic heterocycles. The molecule has 4 nitrogen and oxygen atoms in total. The van der Waals surface area contributed by atoms with E-state index in [1.165, 1.54) is 0 Å². The van der Waals surface area contributed by atoms with Gasteiger partial charge in [0.1, 0.15) is 0 Å². The van der Waals surface area contributed by atoms with Crippen molar-refractivity contribution in [1.29, 1.82) is 0 Å². The van der Waals surface area contributed by atoms with Crippen LogP contribution in [0.2, 0.25) is 0 Å². The quantitative estimate of drug-likeness (QED) is 0.660. The molecule has 2 atom stereocenters. The molecule has 146 valence electrons. The fraction of sp³-hybridized carbons (Fsp3) is 0.280. The Labute approximate surface area is 169 Å². The molecule has 1 aliphatic carbocycles. The number of rotatable bonds is 2. The average Bonchev–Trinajstić information content (AvgIpc) is 3.18. The van der Waals surface area contributed by atoms with Crippen molar-refractivity contribution in [3.05, 3.63) is 82.2 Å². The number of hydrogen-bond donors (Lipinski definition) is 1. The molecule has 1 aromatic heterocycles. The molecular formula is C25H24N2O2. The second kappa shape index (κ2) is 7.03. The Morgan fingerprint density at radius 3 is 2.48 bits per heavy atom. The summed E-state index contributed by atoms with van der Waals surface area (Å²) >= 11 is 0. The van der Waals surface area contributed by atoms with E-state index in [4.69, 9.17) is 0 Å². The number of nitrogens with one attached hydrogen (secondary N) is 1. The Morgan fingerprint density at radius 1 is 1.00 bits per heavy atom. The van der Waals surface area contributed by atoms with Gasteiger partial charge in [-0.25, -0.2) is 0 Å². The second-order valence-electron chi connectivity index (χ2n) is 8.25. The molecule has 1 saturated heterocycles. The number of benzene rings is 2. The summed E-state index contributed by atoms with van der Waals surface area (Å²) in [5.74, 6) is 1.23. The molecule has 0 saturated carbocycles. The van der Waals surface area contributed by atoms with Gasteiger partial charge in [0.15, 0.2) is 0 Å². The largest absolute Gasteiger partial charge is 0.338 e. The predicted molar refractivity (Wildman–Crippen MR) is 116 cm³/mol. The van der Waals surface area contributed by atoms with Crippen molar-refractivity contribution in [2.24, 2.45) is 11.8 Å². The Kier molecular flexibility index (Phi) is 4.35. The molecule has 3 aromatic rings. The highest BCUT2D eigenvalue weighted by molar-refractivity contribution is 5.96. The number of nitrogens with zero attached hydrogens (tertiary/aromatic N) is 1. The van der Waals surface area contributed by atoms with Crippen LogP contribution in [-0.4, -0.2) is 28.9 Å². The monoisotopic (exact) mass is 384 g/mol. The van der Waals surface area contributed by atoms with Crippen molar-refractivity contribution < 1.29 is 4.79 Å². The van der Waals surface area contributed by atoms with E-state index in [9.17, 15) is 9.59 Å². The summed E-state index contributed by atoms with van der Waals surface area (Å²) < 4.78 is 0. The van der Waals surface area contributed by atoms with Crippen LogP contribution in [0.15, 0.2) is 65.5 Å². The molecule has 4 heteroatoms. The normalized spacial score (nSPS) is 20.8. The van der Waals surface area contributed by atoms with Gasteiger partial charge in [0.25, 0.3) is 11.5 Å². The topological polar surface area (TPSA) is 53.2 Å². The zero-order valence-corrected chi connectivity index (χ0v) is 16.5. The number of para-hydroxylation sites is 1. The third kappa shape index (κ3) is 3.09. The van der Waals surface area contributed by atoms with Gasteiger partial charge in [-0.05, 0) is 60.9 Å². The molecule has 0 bridgehead atoms. The summed E-state index contributed by atoms with van der Waals surface area (Å²) in [6, 6.07) is 15.3. The number of aromatic nitrogens is 1. The zero-order valence-electron chi connectivity index (χ0n) is 16.5. The maximum absolute atomic E-state index is 13.2. The number of aromatic amines is 1. The Balaban J connectivity index is 1.50. The maximum atomic E-state index is 13.2. The van der Waals surface area contributed by atoms with E-state index in [1.807, 2.05) is 60.4 Å². The number of hydrogen-bond acceptors (Lipinski definition) is 2. The van der Waals surface area contributed by atoms with E-state index in [-0.39, 0.29) is 11.5 Å². The van der Waals surface area contributed by atoms with Crippen LogP contribution in [0.1, 0.15) is 28.8 Å². The number of carbonyl (C=O) groups excluding carboxylic acids is 1. The van der Waals surface area contributed by atoms with Gasteiger partial charge in [0, 0.05) is 29.6 Å². The molecule has 0 radical (unpaired) electrons. The van der Waals surface area contributed by atoms with Gasteiger partial charge >= 0.3 is 0 Å². The number of fused-ring (bicyclic) bond motifs is 2. The van der Waals surface area contributed by atoms with Gasteiger partial charge in [-0.15, -0.1) is 0 Å². The first kappa shape index (κ1) is 17.9. The second-order valence-corrected chi connectivity index (χ2v) is 8.25. The van der Waals surface area contributed by atoms with Crippen LogP contribution in [0.4, 0.5) is 0 Å². The van der Waals surface area contributed by atoms with Gasteiger partial charge < -0.3 is 9.88 Å². The van der Waals surface area contributed by atoms with Crippen molar-refractivity contribution in [2.75, 3.05) is 13.1 Å². The predicted octanol–water partition coefficient (Wildman–Crippen LogP) is 4.54.